The van der Waals surface area contributed by atoms with Gasteiger partial charge in [-0.05, 0) is 55.4 Å². The standard InChI is InChI=1S/C28H24N4OS/c1-18(2)16-24-29-22-17-21(33-3)14-15-23(22)32(24)27-25(19-10-6-4-7-11-19)30-28(34)31-26(27)20-12-8-5-9-13-20/h4-17,27H,1-3H3. The largest absolute Gasteiger partial charge is 0.497 e. The van der Waals surface area contributed by atoms with Crippen LogP contribution in [0, 0.1) is 0 Å². The number of benzene rings is 3. The molecule has 0 aliphatic carbocycles. The van der Waals surface area contributed by atoms with E-state index in [2.05, 4.69) is 48.8 Å². The van der Waals surface area contributed by atoms with E-state index in [0.717, 1.165) is 50.7 Å². The van der Waals surface area contributed by atoms with Crippen LogP contribution >= 0.6 is 12.2 Å². The van der Waals surface area contributed by atoms with Crippen LogP contribution in [0.3, 0.4) is 0 Å². The first-order chi connectivity index (χ1) is 16.5. The number of thiocarbonyl (C=S) groups is 1. The van der Waals surface area contributed by atoms with E-state index in [1.54, 1.807) is 7.11 Å². The highest BCUT2D eigenvalue weighted by atomic mass is 32.1. The molecule has 5 nitrogen and oxygen atoms in total. The molecule has 0 radical (unpaired) electrons. The van der Waals surface area contributed by atoms with Crippen molar-refractivity contribution in [2.24, 2.45) is 9.98 Å². The summed E-state index contributed by atoms with van der Waals surface area (Å²) in [6, 6.07) is 25.9. The number of methoxy groups -OCH3 is 1. The molecule has 0 spiro atoms. The molecule has 1 aliphatic rings. The fourth-order valence-corrected chi connectivity index (χ4v) is 4.44. The summed E-state index contributed by atoms with van der Waals surface area (Å²) in [6.45, 7) is 4.14. The van der Waals surface area contributed by atoms with Gasteiger partial charge in [0.05, 0.1) is 29.6 Å². The fraction of sp³-hybridized carbons (Fsp3) is 0.143. The number of ether oxygens (including phenoxy) is 1. The maximum atomic E-state index is 5.55. The van der Waals surface area contributed by atoms with Crippen LogP contribution in [0.15, 0.2) is 94.4 Å². The third-order valence-corrected chi connectivity index (χ3v) is 5.87. The lowest BCUT2D eigenvalue weighted by Crippen LogP contribution is -2.33. The Balaban J connectivity index is 1.83. The Hall–Kier alpha value is -3.90. The lowest BCUT2D eigenvalue weighted by Gasteiger charge is -2.28. The van der Waals surface area contributed by atoms with E-state index < -0.39 is 0 Å². The summed E-state index contributed by atoms with van der Waals surface area (Å²) >= 11 is 5.55. The summed E-state index contributed by atoms with van der Waals surface area (Å²) in [5.74, 6) is 1.59. The molecule has 0 bridgehead atoms. The summed E-state index contributed by atoms with van der Waals surface area (Å²) in [5.41, 5.74) is 6.65. The molecule has 5 rings (SSSR count). The number of allylic oxidation sites excluding steroid dienone is 1. The van der Waals surface area contributed by atoms with Crippen molar-refractivity contribution in [3.8, 4) is 5.75 Å². The minimum Gasteiger partial charge on any atom is -0.497 e. The second kappa shape index (κ2) is 9.15. The van der Waals surface area contributed by atoms with Gasteiger partial charge in [-0.3, -0.25) is 0 Å². The van der Waals surface area contributed by atoms with Crippen LogP contribution in [-0.4, -0.2) is 33.2 Å². The number of nitrogens with zero attached hydrogens (tertiary/aromatic N) is 4. The van der Waals surface area contributed by atoms with Crippen molar-refractivity contribution in [2.75, 3.05) is 7.11 Å². The first kappa shape index (κ1) is 21.9. The van der Waals surface area contributed by atoms with Crippen LogP contribution in [0.2, 0.25) is 0 Å². The number of aromatic nitrogens is 2. The van der Waals surface area contributed by atoms with Crippen molar-refractivity contribution in [3.63, 3.8) is 0 Å². The van der Waals surface area contributed by atoms with Gasteiger partial charge in [0.2, 0.25) is 5.11 Å². The topological polar surface area (TPSA) is 51.8 Å². The zero-order valence-electron chi connectivity index (χ0n) is 19.3. The van der Waals surface area contributed by atoms with Gasteiger partial charge < -0.3 is 9.30 Å². The van der Waals surface area contributed by atoms with E-state index in [1.807, 2.05) is 54.6 Å². The normalized spacial score (nSPS) is 14.0. The summed E-state index contributed by atoms with van der Waals surface area (Å²) < 4.78 is 7.67. The molecule has 6 heteroatoms. The Bertz CT molecular complexity index is 1400. The van der Waals surface area contributed by atoms with Gasteiger partial charge in [-0.2, -0.15) is 0 Å². The number of fused-ring (bicyclic) bond motifs is 1. The van der Waals surface area contributed by atoms with E-state index in [9.17, 15) is 0 Å². The molecule has 2 heterocycles. The third kappa shape index (κ3) is 4.08. The molecular weight excluding hydrogens is 440 g/mol. The van der Waals surface area contributed by atoms with Gasteiger partial charge in [0.15, 0.2) is 0 Å². The van der Waals surface area contributed by atoms with Crippen molar-refractivity contribution >= 4 is 45.9 Å². The van der Waals surface area contributed by atoms with Crippen molar-refractivity contribution in [2.45, 2.75) is 19.9 Å². The van der Waals surface area contributed by atoms with Crippen LogP contribution < -0.4 is 4.74 Å². The highest BCUT2D eigenvalue weighted by Gasteiger charge is 2.33. The molecule has 168 valence electrons. The maximum Gasteiger partial charge on any atom is 0.219 e. The summed E-state index contributed by atoms with van der Waals surface area (Å²) in [5, 5.41) is 0.323. The Morgan fingerprint density at radius 2 is 1.47 bits per heavy atom. The van der Waals surface area contributed by atoms with Gasteiger partial charge in [0, 0.05) is 6.07 Å². The number of aliphatic imine (C=N–C) groups is 2. The molecule has 0 amide bonds. The zero-order chi connectivity index (χ0) is 23.7. The van der Waals surface area contributed by atoms with E-state index in [4.69, 9.17) is 31.9 Å². The number of hydrogen-bond donors (Lipinski definition) is 0. The molecule has 34 heavy (non-hydrogen) atoms. The second-order valence-corrected chi connectivity index (χ2v) is 8.69. The molecule has 1 aromatic heterocycles. The molecule has 3 aromatic carbocycles. The molecule has 0 atom stereocenters. The van der Waals surface area contributed by atoms with Crippen LogP contribution in [0.1, 0.15) is 36.8 Å². The van der Waals surface area contributed by atoms with E-state index in [0.29, 0.717) is 5.11 Å². The minimum absolute atomic E-state index is 0.319. The first-order valence-electron chi connectivity index (χ1n) is 11.1. The Kier molecular flexibility index (Phi) is 5.90. The molecule has 4 aromatic rings. The van der Waals surface area contributed by atoms with Gasteiger partial charge in [0.1, 0.15) is 17.6 Å². The molecule has 0 fully saturated rings. The second-order valence-electron chi connectivity index (χ2n) is 8.33. The SMILES string of the molecule is COc1ccc2c(c1)nc(C=C(C)C)n2C1C(c2ccccc2)=NC(=S)N=C1c1ccccc1. The quantitative estimate of drug-likeness (QED) is 0.326. The van der Waals surface area contributed by atoms with Gasteiger partial charge in [0.25, 0.3) is 0 Å². The Morgan fingerprint density at radius 1 is 0.882 bits per heavy atom. The van der Waals surface area contributed by atoms with Crippen LogP contribution in [0.4, 0.5) is 0 Å². The highest BCUT2D eigenvalue weighted by molar-refractivity contribution is 7.80. The fourth-order valence-electron chi connectivity index (χ4n) is 4.25. The maximum absolute atomic E-state index is 5.55. The third-order valence-electron chi connectivity index (χ3n) is 5.69. The Labute approximate surface area is 204 Å². The predicted molar refractivity (Wildman–Crippen MR) is 143 cm³/mol. The molecule has 1 aliphatic heterocycles. The van der Waals surface area contributed by atoms with E-state index >= 15 is 0 Å². The number of imidazole rings is 1. The zero-order valence-corrected chi connectivity index (χ0v) is 20.1. The van der Waals surface area contributed by atoms with Gasteiger partial charge in [-0.1, -0.05) is 66.2 Å². The highest BCUT2D eigenvalue weighted by Crippen LogP contribution is 2.32. The molecule has 0 saturated heterocycles. The van der Waals surface area contributed by atoms with E-state index in [1.165, 1.54) is 0 Å². The average Bonchev–Trinajstić information content (AvgIpc) is 3.20. The van der Waals surface area contributed by atoms with Crippen LogP contribution in [0.25, 0.3) is 17.1 Å². The molecular formula is C28H24N4OS. The molecule has 0 unspecified atom stereocenters. The number of hydrogen-bond acceptors (Lipinski definition) is 3. The number of rotatable bonds is 5. The molecule has 0 N–H and O–H groups in total. The lowest BCUT2D eigenvalue weighted by atomic mass is 9.93. The monoisotopic (exact) mass is 464 g/mol. The predicted octanol–water partition coefficient (Wildman–Crippen LogP) is 6.29. The average molecular weight is 465 g/mol. The van der Waals surface area contributed by atoms with E-state index in [-0.39, 0.29) is 6.04 Å². The van der Waals surface area contributed by atoms with Crippen molar-refractivity contribution in [1.29, 1.82) is 0 Å². The van der Waals surface area contributed by atoms with Crippen molar-refractivity contribution in [1.82, 2.24) is 9.55 Å². The van der Waals surface area contributed by atoms with Gasteiger partial charge in [-0.25, -0.2) is 15.0 Å². The summed E-state index contributed by atoms with van der Waals surface area (Å²) in [4.78, 5) is 14.6. The summed E-state index contributed by atoms with van der Waals surface area (Å²) in [6.07, 6.45) is 2.09. The van der Waals surface area contributed by atoms with Crippen molar-refractivity contribution in [3.05, 3.63) is 101 Å². The van der Waals surface area contributed by atoms with Crippen LogP contribution in [-0.2, 0) is 0 Å². The van der Waals surface area contributed by atoms with Crippen molar-refractivity contribution < 1.29 is 4.74 Å². The van der Waals surface area contributed by atoms with Gasteiger partial charge >= 0.3 is 0 Å². The van der Waals surface area contributed by atoms with Crippen LogP contribution in [0.5, 0.6) is 5.75 Å². The smallest absolute Gasteiger partial charge is 0.219 e. The minimum atomic E-state index is -0.319. The summed E-state index contributed by atoms with van der Waals surface area (Å²) in [7, 11) is 1.66. The Morgan fingerprint density at radius 3 is 2.00 bits per heavy atom. The molecule has 0 saturated carbocycles. The lowest BCUT2D eigenvalue weighted by molar-refractivity contribution is 0.415. The van der Waals surface area contributed by atoms with Gasteiger partial charge in [-0.15, -0.1) is 0 Å². The first-order valence-corrected chi connectivity index (χ1v) is 11.5.